The van der Waals surface area contributed by atoms with E-state index in [0.29, 0.717) is 6.29 Å². The Hall–Kier alpha value is -2.43. The van der Waals surface area contributed by atoms with E-state index in [1.54, 1.807) is 20.8 Å². The van der Waals surface area contributed by atoms with Crippen LogP contribution in [0.3, 0.4) is 0 Å². The van der Waals surface area contributed by atoms with E-state index in [1.165, 1.54) is 24.3 Å². The molecule has 2 rings (SSSR count). The molecule has 1 aromatic carbocycles. The van der Waals surface area contributed by atoms with Gasteiger partial charge in [0.1, 0.15) is 17.2 Å². The first-order valence-electron chi connectivity index (χ1n) is 6.38. The highest BCUT2D eigenvalue weighted by molar-refractivity contribution is 5.91. The predicted octanol–water partition coefficient (Wildman–Crippen LogP) is 3.85. The fourth-order valence-electron chi connectivity index (χ4n) is 1.74. The number of aldehydes is 1. The molecule has 0 spiro atoms. The van der Waals surface area contributed by atoms with Gasteiger partial charge in [0.15, 0.2) is 12.0 Å². The molecular weight excluding hydrogens is 275 g/mol. The maximum absolute atomic E-state index is 13.9. The lowest BCUT2D eigenvalue weighted by atomic mass is 10.1. The Morgan fingerprint density at radius 1 is 1.24 bits per heavy atom. The van der Waals surface area contributed by atoms with Gasteiger partial charge in [-0.05, 0) is 51.1 Å². The molecule has 0 amide bonds. The highest BCUT2D eigenvalue weighted by Gasteiger charge is 2.20. The Morgan fingerprint density at radius 3 is 2.52 bits per heavy atom. The summed E-state index contributed by atoms with van der Waals surface area (Å²) in [6.07, 6.45) is 0.527. The molecule has 5 heteroatoms. The Labute approximate surface area is 121 Å². The van der Waals surface area contributed by atoms with E-state index >= 15 is 0 Å². The number of halogens is 1. The van der Waals surface area contributed by atoms with Crippen LogP contribution in [0.1, 0.15) is 41.7 Å². The van der Waals surface area contributed by atoms with Crippen LogP contribution in [-0.4, -0.2) is 17.9 Å². The van der Waals surface area contributed by atoms with Crippen molar-refractivity contribution in [3.63, 3.8) is 0 Å². The summed E-state index contributed by atoms with van der Waals surface area (Å²) < 4.78 is 24.3. The van der Waals surface area contributed by atoms with Crippen LogP contribution >= 0.6 is 0 Å². The molecule has 0 atom stereocenters. The summed E-state index contributed by atoms with van der Waals surface area (Å²) in [7, 11) is 0. The average molecular weight is 290 g/mol. The topological polar surface area (TPSA) is 56.5 Å². The van der Waals surface area contributed by atoms with E-state index in [-0.39, 0.29) is 22.6 Å². The number of carbonyl (C=O) groups excluding carboxylic acids is 2. The monoisotopic (exact) mass is 290 g/mol. The van der Waals surface area contributed by atoms with E-state index in [2.05, 4.69) is 0 Å². The van der Waals surface area contributed by atoms with E-state index < -0.39 is 17.4 Å². The summed E-state index contributed by atoms with van der Waals surface area (Å²) in [5, 5.41) is 0. The number of ether oxygens (including phenoxy) is 1. The van der Waals surface area contributed by atoms with Crippen LogP contribution in [0.4, 0.5) is 4.39 Å². The number of furan rings is 1. The summed E-state index contributed by atoms with van der Waals surface area (Å²) in [4.78, 5) is 22.6. The van der Waals surface area contributed by atoms with Gasteiger partial charge in [0.05, 0.1) is 11.1 Å². The Bertz CT molecular complexity index is 680. The summed E-state index contributed by atoms with van der Waals surface area (Å²) in [6, 6.07) is 6.76. The zero-order valence-corrected chi connectivity index (χ0v) is 12.0. The van der Waals surface area contributed by atoms with E-state index in [9.17, 15) is 14.0 Å². The van der Waals surface area contributed by atoms with Crippen LogP contribution in [0.25, 0.3) is 11.3 Å². The van der Waals surface area contributed by atoms with Gasteiger partial charge in [-0.3, -0.25) is 4.79 Å². The molecule has 0 aliphatic carbocycles. The summed E-state index contributed by atoms with van der Waals surface area (Å²) in [5.74, 6) is -0.827. The molecule has 0 aliphatic heterocycles. The van der Waals surface area contributed by atoms with Crippen molar-refractivity contribution in [1.82, 2.24) is 0 Å². The van der Waals surface area contributed by atoms with Crippen LogP contribution in [0.5, 0.6) is 0 Å². The van der Waals surface area contributed by atoms with Crippen LogP contribution in [0.15, 0.2) is 34.7 Å². The highest BCUT2D eigenvalue weighted by Crippen LogP contribution is 2.26. The Balaban J connectivity index is 2.37. The molecule has 2 aromatic rings. The summed E-state index contributed by atoms with van der Waals surface area (Å²) in [5.41, 5.74) is -0.321. The maximum atomic E-state index is 13.9. The van der Waals surface area contributed by atoms with Crippen LogP contribution < -0.4 is 0 Å². The van der Waals surface area contributed by atoms with Gasteiger partial charge < -0.3 is 9.15 Å². The van der Waals surface area contributed by atoms with Crippen molar-refractivity contribution < 1.29 is 23.1 Å². The number of esters is 1. The molecule has 1 heterocycles. The van der Waals surface area contributed by atoms with E-state index in [0.717, 1.165) is 6.07 Å². The molecule has 0 saturated heterocycles. The van der Waals surface area contributed by atoms with Crippen molar-refractivity contribution in [2.45, 2.75) is 26.4 Å². The zero-order chi connectivity index (χ0) is 15.6. The third-order valence-corrected chi connectivity index (χ3v) is 2.61. The number of benzene rings is 1. The minimum atomic E-state index is -0.638. The van der Waals surface area contributed by atoms with Gasteiger partial charge in [0, 0.05) is 0 Å². The van der Waals surface area contributed by atoms with Crippen molar-refractivity contribution >= 4 is 12.3 Å². The van der Waals surface area contributed by atoms with Crippen LogP contribution in [0.2, 0.25) is 0 Å². The van der Waals surface area contributed by atoms with E-state index in [1.807, 2.05) is 0 Å². The number of rotatable bonds is 3. The van der Waals surface area contributed by atoms with Crippen molar-refractivity contribution in [2.24, 2.45) is 0 Å². The average Bonchev–Trinajstić information content (AvgIpc) is 2.85. The molecule has 0 N–H and O–H groups in total. The van der Waals surface area contributed by atoms with Crippen molar-refractivity contribution in [2.75, 3.05) is 0 Å². The van der Waals surface area contributed by atoms with Gasteiger partial charge in [0.2, 0.25) is 0 Å². The molecule has 0 unspecified atom stereocenters. The van der Waals surface area contributed by atoms with Gasteiger partial charge in [-0.2, -0.15) is 0 Å². The van der Waals surface area contributed by atoms with Gasteiger partial charge in [-0.15, -0.1) is 0 Å². The van der Waals surface area contributed by atoms with Gasteiger partial charge in [-0.25, -0.2) is 9.18 Å². The lowest BCUT2D eigenvalue weighted by Crippen LogP contribution is -2.23. The summed E-state index contributed by atoms with van der Waals surface area (Å²) >= 11 is 0. The zero-order valence-electron chi connectivity index (χ0n) is 12.0. The predicted molar refractivity (Wildman–Crippen MR) is 74.7 cm³/mol. The van der Waals surface area contributed by atoms with Crippen LogP contribution in [0, 0.1) is 5.82 Å². The Morgan fingerprint density at radius 2 is 1.95 bits per heavy atom. The third kappa shape index (κ3) is 3.56. The normalized spacial score (nSPS) is 11.2. The van der Waals surface area contributed by atoms with Gasteiger partial charge in [-0.1, -0.05) is 0 Å². The van der Waals surface area contributed by atoms with Crippen molar-refractivity contribution in [3.05, 3.63) is 47.5 Å². The molecule has 0 bridgehead atoms. The van der Waals surface area contributed by atoms with Crippen molar-refractivity contribution in [3.8, 4) is 11.3 Å². The fraction of sp³-hybridized carbons (Fsp3) is 0.250. The number of hydrogen-bond donors (Lipinski definition) is 0. The van der Waals surface area contributed by atoms with E-state index in [4.69, 9.17) is 9.15 Å². The molecule has 21 heavy (non-hydrogen) atoms. The lowest BCUT2D eigenvalue weighted by Gasteiger charge is -2.19. The van der Waals surface area contributed by atoms with Crippen molar-refractivity contribution in [1.29, 1.82) is 0 Å². The second kappa shape index (κ2) is 5.52. The number of carbonyl (C=O) groups is 2. The minimum absolute atomic E-state index is 0.0899. The minimum Gasteiger partial charge on any atom is -0.456 e. The third-order valence-electron chi connectivity index (χ3n) is 2.61. The molecule has 0 aliphatic rings. The highest BCUT2D eigenvalue weighted by atomic mass is 19.1. The standard InChI is InChI=1S/C16H15FO4/c1-16(2,3)21-15(19)10-4-6-13(17)12(8-10)14-7-5-11(9-18)20-14/h4-9H,1-3H3. The largest absolute Gasteiger partial charge is 0.456 e. The SMILES string of the molecule is CC(C)(C)OC(=O)c1ccc(F)c(-c2ccc(C=O)o2)c1. The quantitative estimate of drug-likeness (QED) is 0.636. The summed E-state index contributed by atoms with van der Waals surface area (Å²) in [6.45, 7) is 5.24. The van der Waals surface area contributed by atoms with Crippen LogP contribution in [-0.2, 0) is 4.74 Å². The molecule has 0 fully saturated rings. The molecule has 0 saturated carbocycles. The molecule has 1 aromatic heterocycles. The molecular formula is C16H15FO4. The first kappa shape index (κ1) is 15.0. The van der Waals surface area contributed by atoms with Gasteiger partial charge >= 0.3 is 5.97 Å². The fourth-order valence-corrected chi connectivity index (χ4v) is 1.74. The molecule has 110 valence electrons. The smallest absolute Gasteiger partial charge is 0.338 e. The first-order chi connectivity index (χ1) is 9.80. The molecule has 4 nitrogen and oxygen atoms in total. The second-order valence-corrected chi connectivity index (χ2v) is 5.52. The van der Waals surface area contributed by atoms with Gasteiger partial charge in [0.25, 0.3) is 0 Å². The second-order valence-electron chi connectivity index (χ2n) is 5.52. The Kier molecular flexibility index (Phi) is 3.93. The maximum Gasteiger partial charge on any atom is 0.338 e. The number of hydrogen-bond acceptors (Lipinski definition) is 4. The lowest BCUT2D eigenvalue weighted by molar-refractivity contribution is 0.00694. The first-order valence-corrected chi connectivity index (χ1v) is 6.38. The molecule has 0 radical (unpaired) electrons.